The summed E-state index contributed by atoms with van der Waals surface area (Å²) in [6.45, 7) is 5.14. The summed E-state index contributed by atoms with van der Waals surface area (Å²) >= 11 is 0. The molecule has 5 heteroatoms. The van der Waals surface area contributed by atoms with Crippen molar-refractivity contribution >= 4 is 0 Å². The van der Waals surface area contributed by atoms with Crippen molar-refractivity contribution in [3.63, 3.8) is 0 Å². The van der Waals surface area contributed by atoms with Crippen LogP contribution in [0.2, 0.25) is 0 Å². The number of hydrogen-bond acceptors (Lipinski definition) is 4. The molecule has 24 heavy (non-hydrogen) atoms. The average molecular weight is 333 g/mol. The van der Waals surface area contributed by atoms with Crippen molar-refractivity contribution in [1.82, 2.24) is 15.5 Å². The standard InChI is InChI=1S/C19H28FN3O/c1-16-7-17(2)9-18(20,8-16)12-19(10-16,11-17)21-6-14-22-15(23-24-14)13-4-3-5-13/h13,21H,3-12H2,1-2H3. The monoisotopic (exact) mass is 333 g/mol. The second kappa shape index (κ2) is 4.60. The SMILES string of the molecule is CC12CC3(C)CC(F)(C1)CC(NCc1nc(C4CCC4)no1)(C2)C3. The molecule has 0 aliphatic heterocycles. The molecular weight excluding hydrogens is 305 g/mol. The summed E-state index contributed by atoms with van der Waals surface area (Å²) in [5.74, 6) is 2.02. The molecule has 0 spiro atoms. The van der Waals surface area contributed by atoms with Crippen LogP contribution in [0.4, 0.5) is 4.39 Å². The average Bonchev–Trinajstić information content (AvgIpc) is 2.77. The van der Waals surface area contributed by atoms with Crippen LogP contribution < -0.4 is 5.32 Å². The van der Waals surface area contributed by atoms with E-state index < -0.39 is 5.67 Å². The first kappa shape index (κ1) is 15.3. The fourth-order valence-electron chi connectivity index (χ4n) is 7.17. The molecule has 2 unspecified atom stereocenters. The van der Waals surface area contributed by atoms with Gasteiger partial charge in [0.2, 0.25) is 5.89 Å². The molecule has 1 N–H and O–H groups in total. The van der Waals surface area contributed by atoms with Crippen molar-refractivity contribution in [2.75, 3.05) is 0 Å². The lowest BCUT2D eigenvalue weighted by Crippen LogP contribution is -2.68. The van der Waals surface area contributed by atoms with Crippen molar-refractivity contribution in [3.05, 3.63) is 11.7 Å². The van der Waals surface area contributed by atoms with Crippen molar-refractivity contribution in [1.29, 1.82) is 0 Å². The van der Waals surface area contributed by atoms with Crippen LogP contribution in [0.3, 0.4) is 0 Å². The van der Waals surface area contributed by atoms with Crippen LogP contribution in [0.25, 0.3) is 0 Å². The van der Waals surface area contributed by atoms with Crippen molar-refractivity contribution in [2.45, 2.75) is 95.3 Å². The molecule has 4 bridgehead atoms. The summed E-state index contributed by atoms with van der Waals surface area (Å²) in [6.07, 6.45) is 9.07. The summed E-state index contributed by atoms with van der Waals surface area (Å²) < 4.78 is 20.9. The molecule has 5 saturated carbocycles. The van der Waals surface area contributed by atoms with Gasteiger partial charge in [-0.1, -0.05) is 25.4 Å². The van der Waals surface area contributed by atoms with E-state index in [0.29, 0.717) is 24.8 Å². The van der Waals surface area contributed by atoms with E-state index in [9.17, 15) is 0 Å². The topological polar surface area (TPSA) is 51.0 Å². The predicted molar refractivity (Wildman–Crippen MR) is 88.2 cm³/mol. The highest BCUT2D eigenvalue weighted by atomic mass is 19.1. The maximum absolute atomic E-state index is 15.4. The van der Waals surface area contributed by atoms with Gasteiger partial charge in [-0.05, 0) is 62.2 Å². The highest BCUT2D eigenvalue weighted by molar-refractivity contribution is 5.19. The minimum atomic E-state index is -0.989. The smallest absolute Gasteiger partial charge is 0.240 e. The van der Waals surface area contributed by atoms with Gasteiger partial charge in [0.25, 0.3) is 0 Å². The maximum Gasteiger partial charge on any atom is 0.240 e. The van der Waals surface area contributed by atoms with Crippen molar-refractivity contribution < 1.29 is 8.91 Å². The maximum atomic E-state index is 15.4. The van der Waals surface area contributed by atoms with E-state index in [1.807, 2.05) is 0 Å². The van der Waals surface area contributed by atoms with Crippen LogP contribution in [0, 0.1) is 10.8 Å². The number of aromatic nitrogens is 2. The molecule has 1 heterocycles. The molecule has 5 fully saturated rings. The lowest BCUT2D eigenvalue weighted by Gasteiger charge is -2.67. The van der Waals surface area contributed by atoms with E-state index in [0.717, 1.165) is 31.5 Å². The van der Waals surface area contributed by atoms with Crippen molar-refractivity contribution in [3.8, 4) is 0 Å². The summed E-state index contributed by atoms with van der Waals surface area (Å²) in [5.41, 5.74) is -0.816. The van der Waals surface area contributed by atoms with E-state index >= 15 is 4.39 Å². The zero-order valence-electron chi connectivity index (χ0n) is 14.8. The van der Waals surface area contributed by atoms with Gasteiger partial charge in [-0.2, -0.15) is 4.98 Å². The van der Waals surface area contributed by atoms with Crippen LogP contribution >= 0.6 is 0 Å². The Morgan fingerprint density at radius 3 is 2.38 bits per heavy atom. The summed E-state index contributed by atoms with van der Waals surface area (Å²) in [7, 11) is 0. The first-order valence-electron chi connectivity index (χ1n) is 9.55. The Morgan fingerprint density at radius 1 is 1.08 bits per heavy atom. The largest absolute Gasteiger partial charge is 0.338 e. The minimum absolute atomic E-state index is 0.0991. The fraction of sp³-hybridized carbons (Fsp3) is 0.895. The van der Waals surface area contributed by atoms with Crippen LogP contribution in [-0.4, -0.2) is 21.3 Å². The molecule has 6 rings (SSSR count). The third-order valence-corrected chi connectivity index (χ3v) is 7.10. The fourth-order valence-corrected chi connectivity index (χ4v) is 7.17. The van der Waals surface area contributed by atoms with Gasteiger partial charge >= 0.3 is 0 Å². The molecular formula is C19H28FN3O. The molecule has 0 amide bonds. The predicted octanol–water partition coefficient (Wildman–Crippen LogP) is 4.27. The van der Waals surface area contributed by atoms with Gasteiger partial charge in [0, 0.05) is 11.5 Å². The lowest BCUT2D eigenvalue weighted by molar-refractivity contribution is -0.173. The zero-order valence-corrected chi connectivity index (χ0v) is 14.8. The van der Waals surface area contributed by atoms with Gasteiger partial charge in [0.15, 0.2) is 5.82 Å². The molecule has 1 aromatic rings. The molecule has 132 valence electrons. The van der Waals surface area contributed by atoms with E-state index in [4.69, 9.17) is 4.52 Å². The first-order valence-corrected chi connectivity index (χ1v) is 9.55. The molecule has 5 aliphatic carbocycles. The van der Waals surface area contributed by atoms with Gasteiger partial charge in [-0.3, -0.25) is 0 Å². The third kappa shape index (κ3) is 2.34. The number of nitrogens with one attached hydrogen (secondary N) is 1. The highest BCUT2D eigenvalue weighted by Gasteiger charge is 2.66. The number of alkyl halides is 1. The van der Waals surface area contributed by atoms with Gasteiger partial charge < -0.3 is 9.84 Å². The second-order valence-electron chi connectivity index (χ2n) is 10.1. The van der Waals surface area contributed by atoms with Gasteiger partial charge in [0.05, 0.1) is 6.54 Å². The van der Waals surface area contributed by atoms with Gasteiger partial charge in [-0.15, -0.1) is 0 Å². The first-order chi connectivity index (χ1) is 11.3. The quantitative estimate of drug-likeness (QED) is 0.894. The highest BCUT2D eigenvalue weighted by Crippen LogP contribution is 2.68. The zero-order chi connectivity index (χ0) is 16.6. The molecule has 0 saturated heterocycles. The van der Waals surface area contributed by atoms with Gasteiger partial charge in [0.1, 0.15) is 5.67 Å². The normalized spacial score (nSPS) is 47.1. The molecule has 0 aromatic carbocycles. The molecule has 5 aliphatic rings. The van der Waals surface area contributed by atoms with E-state index in [1.54, 1.807) is 0 Å². The summed E-state index contributed by atoms with van der Waals surface area (Å²) in [5, 5.41) is 7.82. The molecule has 1 aromatic heterocycles. The Hall–Kier alpha value is -0.970. The molecule has 2 atom stereocenters. The lowest BCUT2D eigenvalue weighted by atomic mass is 9.42. The van der Waals surface area contributed by atoms with E-state index in [2.05, 4.69) is 29.3 Å². The number of hydrogen-bond donors (Lipinski definition) is 1. The number of rotatable bonds is 4. The van der Waals surface area contributed by atoms with Crippen LogP contribution in [0.5, 0.6) is 0 Å². The van der Waals surface area contributed by atoms with Crippen molar-refractivity contribution in [2.24, 2.45) is 10.8 Å². The van der Waals surface area contributed by atoms with Crippen LogP contribution in [0.1, 0.15) is 89.3 Å². The Bertz CT molecular complexity index is 614. The third-order valence-electron chi connectivity index (χ3n) is 7.10. The number of halogens is 1. The Labute approximate surface area is 143 Å². The number of nitrogens with zero attached hydrogens (tertiary/aromatic N) is 2. The minimum Gasteiger partial charge on any atom is -0.338 e. The Balaban J connectivity index is 1.34. The summed E-state index contributed by atoms with van der Waals surface area (Å²) in [6, 6.07) is 0. The van der Waals surface area contributed by atoms with Crippen LogP contribution in [0.15, 0.2) is 4.52 Å². The second-order valence-corrected chi connectivity index (χ2v) is 10.1. The molecule has 0 radical (unpaired) electrons. The van der Waals surface area contributed by atoms with Crippen LogP contribution in [-0.2, 0) is 6.54 Å². The summed E-state index contributed by atoms with van der Waals surface area (Å²) in [4.78, 5) is 4.57. The van der Waals surface area contributed by atoms with E-state index in [1.165, 1.54) is 25.7 Å². The molecule has 4 nitrogen and oxygen atoms in total. The van der Waals surface area contributed by atoms with E-state index in [-0.39, 0.29) is 16.4 Å². The Kier molecular flexibility index (Phi) is 2.93. The van der Waals surface area contributed by atoms with Gasteiger partial charge in [-0.25, -0.2) is 4.39 Å². The Morgan fingerprint density at radius 2 is 1.79 bits per heavy atom.